The van der Waals surface area contributed by atoms with Crippen LogP contribution in [0.2, 0.25) is 0 Å². The molecule has 16 heavy (non-hydrogen) atoms. The molecule has 0 saturated heterocycles. The van der Waals surface area contributed by atoms with E-state index in [1.165, 1.54) is 11.1 Å². The Hall–Kier alpha value is -1.41. The first-order valence-electron chi connectivity index (χ1n) is 5.23. The number of aromatic nitrogens is 1. The molecule has 1 aromatic carbocycles. The lowest BCUT2D eigenvalue weighted by Gasteiger charge is -2.03. The Morgan fingerprint density at radius 3 is 2.62 bits per heavy atom. The second kappa shape index (κ2) is 5.08. The highest BCUT2D eigenvalue weighted by molar-refractivity contribution is 8.07. The largest absolute Gasteiger partial charge is 0.357 e. The van der Waals surface area contributed by atoms with E-state index < -0.39 is 0 Å². The fourth-order valence-corrected chi connectivity index (χ4v) is 2.32. The molecular formula is C14H15NS. The molecule has 0 aliphatic carbocycles. The van der Waals surface area contributed by atoms with E-state index in [0.29, 0.717) is 0 Å². The monoisotopic (exact) mass is 229 g/mol. The van der Waals surface area contributed by atoms with E-state index in [4.69, 9.17) is 0 Å². The van der Waals surface area contributed by atoms with Crippen LogP contribution in [0.4, 0.5) is 0 Å². The molecule has 82 valence electrons. The second-order valence-electron chi connectivity index (χ2n) is 3.76. The molecule has 0 fully saturated rings. The van der Waals surface area contributed by atoms with Crippen molar-refractivity contribution in [2.75, 3.05) is 0 Å². The number of rotatable bonds is 4. The van der Waals surface area contributed by atoms with Gasteiger partial charge in [0.05, 0.1) is 0 Å². The van der Waals surface area contributed by atoms with Gasteiger partial charge in [0.2, 0.25) is 0 Å². The summed E-state index contributed by atoms with van der Waals surface area (Å²) >= 11 is 1.79. The quantitative estimate of drug-likeness (QED) is 0.769. The van der Waals surface area contributed by atoms with Crippen LogP contribution in [-0.2, 0) is 12.8 Å². The number of thioether (sulfide) groups is 1. The molecule has 0 amide bonds. The van der Waals surface area contributed by atoms with Crippen LogP contribution in [0.25, 0.3) is 4.91 Å². The molecule has 1 heterocycles. The highest BCUT2D eigenvalue weighted by Crippen LogP contribution is 2.28. The Morgan fingerprint density at radius 2 is 2.00 bits per heavy atom. The van der Waals surface area contributed by atoms with Gasteiger partial charge in [-0.05, 0) is 11.6 Å². The maximum atomic E-state index is 4.10. The molecule has 0 atom stereocenters. The number of benzene rings is 1. The van der Waals surface area contributed by atoms with Crippen molar-refractivity contribution in [2.45, 2.75) is 5.75 Å². The highest BCUT2D eigenvalue weighted by Gasteiger charge is 2.01. The predicted octanol–water partition coefficient (Wildman–Crippen LogP) is 3.93. The predicted molar refractivity (Wildman–Crippen MR) is 72.2 cm³/mol. The van der Waals surface area contributed by atoms with E-state index >= 15 is 0 Å². The smallest absolute Gasteiger partial charge is 0.0232 e. The average molecular weight is 229 g/mol. The molecule has 1 nitrogen and oxygen atoms in total. The normalized spacial score (nSPS) is 10.3. The Balaban J connectivity index is 1.94. The minimum absolute atomic E-state index is 0.981. The van der Waals surface area contributed by atoms with Gasteiger partial charge >= 0.3 is 0 Å². The van der Waals surface area contributed by atoms with Gasteiger partial charge in [-0.15, -0.1) is 11.8 Å². The van der Waals surface area contributed by atoms with Gasteiger partial charge in [0.15, 0.2) is 0 Å². The zero-order valence-corrected chi connectivity index (χ0v) is 10.2. The van der Waals surface area contributed by atoms with Crippen LogP contribution in [0.1, 0.15) is 11.1 Å². The molecule has 2 rings (SSSR count). The third-order valence-corrected chi connectivity index (χ3v) is 3.47. The van der Waals surface area contributed by atoms with Crippen LogP contribution in [-0.4, -0.2) is 4.57 Å². The summed E-state index contributed by atoms with van der Waals surface area (Å²) in [5, 5.41) is 0. The van der Waals surface area contributed by atoms with Crippen LogP contribution < -0.4 is 0 Å². The maximum absolute atomic E-state index is 4.10. The first kappa shape index (κ1) is 11.1. The lowest BCUT2D eigenvalue weighted by atomic mass is 10.2. The van der Waals surface area contributed by atoms with Crippen molar-refractivity contribution in [3.8, 4) is 0 Å². The highest BCUT2D eigenvalue weighted by atomic mass is 32.2. The van der Waals surface area contributed by atoms with E-state index in [1.54, 1.807) is 11.8 Å². The third kappa shape index (κ3) is 2.80. The topological polar surface area (TPSA) is 4.93 Å². The van der Waals surface area contributed by atoms with Crippen molar-refractivity contribution < 1.29 is 0 Å². The van der Waals surface area contributed by atoms with Crippen molar-refractivity contribution in [2.24, 2.45) is 7.05 Å². The first-order valence-corrected chi connectivity index (χ1v) is 6.22. The Bertz CT molecular complexity index is 470. The number of hydrogen-bond acceptors (Lipinski definition) is 1. The number of nitrogens with zero attached hydrogens (tertiary/aromatic N) is 1. The van der Waals surface area contributed by atoms with Crippen molar-refractivity contribution >= 4 is 16.7 Å². The lowest BCUT2D eigenvalue weighted by Crippen LogP contribution is -1.81. The summed E-state index contributed by atoms with van der Waals surface area (Å²) in [4.78, 5) is 1.13. The third-order valence-electron chi connectivity index (χ3n) is 2.41. The van der Waals surface area contributed by atoms with Gasteiger partial charge < -0.3 is 4.57 Å². The summed E-state index contributed by atoms with van der Waals surface area (Å²) < 4.78 is 2.05. The van der Waals surface area contributed by atoms with Crippen LogP contribution >= 0.6 is 11.8 Å². The zero-order chi connectivity index (χ0) is 11.4. The first-order chi connectivity index (χ1) is 7.75. The summed E-state index contributed by atoms with van der Waals surface area (Å²) in [5.74, 6) is 0.981. The molecule has 2 aromatic rings. The van der Waals surface area contributed by atoms with Gasteiger partial charge in [0, 0.05) is 35.7 Å². The summed E-state index contributed by atoms with van der Waals surface area (Å²) in [5.41, 5.74) is 2.55. The summed E-state index contributed by atoms with van der Waals surface area (Å²) in [6.45, 7) is 4.10. The molecule has 0 bridgehead atoms. The fourth-order valence-electron chi connectivity index (χ4n) is 1.50. The Morgan fingerprint density at radius 1 is 1.25 bits per heavy atom. The van der Waals surface area contributed by atoms with Gasteiger partial charge in [-0.3, -0.25) is 0 Å². The summed E-state index contributed by atoms with van der Waals surface area (Å²) in [6.07, 6.45) is 4.14. The number of aryl methyl sites for hydroxylation is 1. The van der Waals surface area contributed by atoms with E-state index in [-0.39, 0.29) is 0 Å². The SMILES string of the molecule is C=C(SCc1ccccc1)c1ccn(C)c1. The van der Waals surface area contributed by atoms with Crippen molar-refractivity contribution in [1.29, 1.82) is 0 Å². The fraction of sp³-hybridized carbons (Fsp3) is 0.143. The van der Waals surface area contributed by atoms with Crippen LogP contribution in [0, 0.1) is 0 Å². The minimum atomic E-state index is 0.981. The minimum Gasteiger partial charge on any atom is -0.357 e. The van der Waals surface area contributed by atoms with Crippen molar-refractivity contribution in [3.05, 3.63) is 66.5 Å². The van der Waals surface area contributed by atoms with Crippen LogP contribution in [0.5, 0.6) is 0 Å². The van der Waals surface area contributed by atoms with E-state index in [1.807, 2.05) is 23.9 Å². The van der Waals surface area contributed by atoms with Gasteiger partial charge in [0.1, 0.15) is 0 Å². The molecular weight excluding hydrogens is 214 g/mol. The van der Waals surface area contributed by atoms with E-state index in [9.17, 15) is 0 Å². The van der Waals surface area contributed by atoms with Gasteiger partial charge in [-0.1, -0.05) is 36.9 Å². The molecule has 2 heteroatoms. The lowest BCUT2D eigenvalue weighted by molar-refractivity contribution is 0.927. The van der Waals surface area contributed by atoms with Crippen LogP contribution in [0.3, 0.4) is 0 Å². The van der Waals surface area contributed by atoms with E-state index in [2.05, 4.69) is 43.1 Å². The molecule has 0 radical (unpaired) electrons. The summed E-state index contributed by atoms with van der Waals surface area (Å²) in [7, 11) is 2.03. The van der Waals surface area contributed by atoms with Crippen molar-refractivity contribution in [3.63, 3.8) is 0 Å². The van der Waals surface area contributed by atoms with Crippen molar-refractivity contribution in [1.82, 2.24) is 4.57 Å². The Labute approximate surface area is 101 Å². The molecule has 1 aromatic heterocycles. The summed E-state index contributed by atoms with van der Waals surface area (Å²) in [6, 6.07) is 12.6. The number of hydrogen-bond donors (Lipinski definition) is 0. The van der Waals surface area contributed by atoms with Gasteiger partial charge in [-0.25, -0.2) is 0 Å². The average Bonchev–Trinajstić information content (AvgIpc) is 2.74. The molecule has 0 N–H and O–H groups in total. The molecule has 0 aliphatic rings. The second-order valence-corrected chi connectivity index (χ2v) is 4.83. The molecule has 0 aliphatic heterocycles. The molecule has 0 saturated carbocycles. The van der Waals surface area contributed by atoms with E-state index in [0.717, 1.165) is 10.7 Å². The Kier molecular flexibility index (Phi) is 3.52. The zero-order valence-electron chi connectivity index (χ0n) is 9.39. The standard InChI is InChI=1S/C14H15NS/c1-12(14-8-9-15(2)10-14)16-11-13-6-4-3-5-7-13/h3-10H,1,11H2,2H3. The molecule has 0 unspecified atom stereocenters. The maximum Gasteiger partial charge on any atom is 0.0232 e. The van der Waals surface area contributed by atoms with Gasteiger partial charge in [-0.2, -0.15) is 0 Å². The van der Waals surface area contributed by atoms with Crippen LogP contribution in [0.15, 0.2) is 55.4 Å². The van der Waals surface area contributed by atoms with Gasteiger partial charge in [0.25, 0.3) is 0 Å². The molecule has 0 spiro atoms.